The Balaban J connectivity index is 1.52. The molecule has 1 amide bonds. The van der Waals surface area contributed by atoms with Crippen LogP contribution in [0.1, 0.15) is 28.5 Å². The fraction of sp³-hybridized carbons (Fsp3) is 0.286. The Morgan fingerprint density at radius 2 is 1.94 bits per heavy atom. The molecule has 1 heterocycles. The van der Waals surface area contributed by atoms with Crippen molar-refractivity contribution in [1.29, 1.82) is 0 Å². The van der Waals surface area contributed by atoms with Crippen LogP contribution >= 0.6 is 11.6 Å². The molecule has 0 spiro atoms. The Labute approximate surface area is 184 Å². The number of ether oxygens (including phenoxy) is 2. The third-order valence-corrected chi connectivity index (χ3v) is 4.52. The van der Waals surface area contributed by atoms with Crippen LogP contribution in [-0.4, -0.2) is 35.9 Å². The number of aromatic nitrogens is 2. The van der Waals surface area contributed by atoms with Gasteiger partial charge in [-0.2, -0.15) is 0 Å². The molecule has 4 N–H and O–H groups in total. The minimum atomic E-state index is -0.442. The molecule has 3 rings (SSSR count). The molecule has 0 radical (unpaired) electrons. The molecule has 0 aliphatic heterocycles. The number of rotatable bonds is 11. The smallest absolute Gasteiger partial charge is 0.277 e. The number of carbonyl (C=O) groups excluding carboxylic acids is 1. The van der Waals surface area contributed by atoms with Crippen LogP contribution in [-0.2, 0) is 13.2 Å². The number of nitrogens with one attached hydrogen (secondary N) is 2. The average Bonchev–Trinajstić information content (AvgIpc) is 3.20. The summed E-state index contributed by atoms with van der Waals surface area (Å²) in [5.41, 5.74) is 7.43. The van der Waals surface area contributed by atoms with Gasteiger partial charge in [-0.05, 0) is 40.5 Å². The van der Waals surface area contributed by atoms with Gasteiger partial charge in [0.2, 0.25) is 11.5 Å². The van der Waals surface area contributed by atoms with E-state index in [1.165, 1.54) is 0 Å². The molecule has 0 aliphatic rings. The van der Waals surface area contributed by atoms with Crippen LogP contribution in [0.5, 0.6) is 11.5 Å². The highest BCUT2D eigenvalue weighted by atomic mass is 35.5. The summed E-state index contributed by atoms with van der Waals surface area (Å²) in [5.74, 6) is 0.618. The van der Waals surface area contributed by atoms with Crippen LogP contribution in [0.4, 0.5) is 5.82 Å². The molecule has 164 valence electrons. The molecule has 10 heteroatoms. The normalized spacial score (nSPS) is 10.6. The molecule has 0 fully saturated rings. The molecule has 0 saturated carbocycles. The van der Waals surface area contributed by atoms with Crippen LogP contribution in [0.2, 0.25) is 5.02 Å². The predicted octanol–water partition coefficient (Wildman–Crippen LogP) is 2.80. The Bertz CT molecular complexity index is 997. The summed E-state index contributed by atoms with van der Waals surface area (Å²) in [5, 5.41) is 13.2. The summed E-state index contributed by atoms with van der Waals surface area (Å²) in [4.78, 5) is 11.9. The highest BCUT2D eigenvalue weighted by Gasteiger charge is 2.15. The van der Waals surface area contributed by atoms with Crippen LogP contribution in [0.3, 0.4) is 0 Å². The highest BCUT2D eigenvalue weighted by Crippen LogP contribution is 2.37. The standard InChI is InChI=1S/C21H24ClN5O4/c1-2-29-17-11-15(10-16(22)19(17)30-13-14-6-4-3-5-7-14)12-24-8-9-25-21(28)18-20(23)27-31-26-18/h3-7,10-11,24H,2,8-9,12-13H2,1H3,(H2,23,27)(H,25,28). The number of nitrogens with two attached hydrogens (primary N) is 1. The third kappa shape index (κ3) is 6.34. The van der Waals surface area contributed by atoms with Gasteiger partial charge in [-0.15, -0.1) is 0 Å². The lowest BCUT2D eigenvalue weighted by Crippen LogP contribution is -2.32. The molecular formula is C21H24ClN5O4. The van der Waals surface area contributed by atoms with E-state index in [1.54, 1.807) is 0 Å². The van der Waals surface area contributed by atoms with Gasteiger partial charge in [-0.3, -0.25) is 4.79 Å². The fourth-order valence-corrected chi connectivity index (χ4v) is 3.08. The van der Waals surface area contributed by atoms with Gasteiger partial charge >= 0.3 is 0 Å². The van der Waals surface area contributed by atoms with Crippen LogP contribution in [0.15, 0.2) is 47.1 Å². The monoisotopic (exact) mass is 445 g/mol. The summed E-state index contributed by atoms with van der Waals surface area (Å²) < 4.78 is 16.1. The zero-order valence-electron chi connectivity index (χ0n) is 17.1. The minimum Gasteiger partial charge on any atom is -0.490 e. The van der Waals surface area contributed by atoms with E-state index < -0.39 is 5.91 Å². The summed E-state index contributed by atoms with van der Waals surface area (Å²) >= 11 is 6.47. The maximum atomic E-state index is 11.9. The number of amides is 1. The Morgan fingerprint density at radius 1 is 1.13 bits per heavy atom. The molecule has 0 unspecified atom stereocenters. The van der Waals surface area contributed by atoms with E-state index in [1.807, 2.05) is 49.4 Å². The van der Waals surface area contributed by atoms with Gasteiger partial charge in [-0.1, -0.05) is 41.9 Å². The molecular weight excluding hydrogens is 422 g/mol. The van der Waals surface area contributed by atoms with E-state index in [2.05, 4.69) is 25.6 Å². The molecule has 0 aliphatic carbocycles. The molecule has 0 atom stereocenters. The van der Waals surface area contributed by atoms with Gasteiger partial charge in [0, 0.05) is 19.6 Å². The summed E-state index contributed by atoms with van der Waals surface area (Å²) in [6.45, 7) is 4.20. The van der Waals surface area contributed by atoms with Gasteiger partial charge in [0.1, 0.15) is 6.61 Å². The number of nitrogen functional groups attached to an aromatic ring is 1. The number of halogens is 1. The summed E-state index contributed by atoms with van der Waals surface area (Å²) in [7, 11) is 0. The van der Waals surface area contributed by atoms with Gasteiger partial charge in [0.15, 0.2) is 11.5 Å². The third-order valence-electron chi connectivity index (χ3n) is 4.24. The number of hydrogen-bond acceptors (Lipinski definition) is 8. The second kappa shape index (κ2) is 11.2. The molecule has 2 aromatic carbocycles. The minimum absolute atomic E-state index is 0.0285. The lowest BCUT2D eigenvalue weighted by Gasteiger charge is -2.16. The molecule has 0 saturated heterocycles. The molecule has 3 aromatic rings. The molecule has 9 nitrogen and oxygen atoms in total. The lowest BCUT2D eigenvalue weighted by molar-refractivity contribution is 0.0944. The second-order valence-electron chi connectivity index (χ2n) is 6.54. The van der Waals surface area contributed by atoms with Crippen molar-refractivity contribution >= 4 is 23.3 Å². The SMILES string of the molecule is CCOc1cc(CNCCNC(=O)c2nonc2N)cc(Cl)c1OCc1ccccc1. The van der Waals surface area contributed by atoms with Crippen LogP contribution in [0.25, 0.3) is 0 Å². The first-order valence-electron chi connectivity index (χ1n) is 9.77. The quantitative estimate of drug-likeness (QED) is 0.385. The zero-order chi connectivity index (χ0) is 22.1. The Kier molecular flexibility index (Phi) is 8.08. The number of nitrogens with zero attached hydrogens (tertiary/aromatic N) is 2. The van der Waals surface area contributed by atoms with E-state index in [-0.39, 0.29) is 11.5 Å². The molecule has 1 aromatic heterocycles. The summed E-state index contributed by atoms with van der Waals surface area (Å²) in [6.07, 6.45) is 0. The fourth-order valence-electron chi connectivity index (χ4n) is 2.79. The predicted molar refractivity (Wildman–Crippen MR) is 116 cm³/mol. The number of carbonyl (C=O) groups is 1. The average molecular weight is 446 g/mol. The van der Waals surface area contributed by atoms with E-state index >= 15 is 0 Å². The van der Waals surface area contributed by atoms with Crippen LogP contribution in [0, 0.1) is 0 Å². The maximum Gasteiger partial charge on any atom is 0.277 e. The van der Waals surface area contributed by atoms with E-state index in [0.717, 1.165) is 11.1 Å². The largest absolute Gasteiger partial charge is 0.490 e. The van der Waals surface area contributed by atoms with E-state index in [4.69, 9.17) is 26.8 Å². The van der Waals surface area contributed by atoms with Crippen molar-refractivity contribution in [2.45, 2.75) is 20.1 Å². The van der Waals surface area contributed by atoms with Crippen molar-refractivity contribution < 1.29 is 18.9 Å². The van der Waals surface area contributed by atoms with Crippen molar-refractivity contribution in [3.8, 4) is 11.5 Å². The zero-order valence-corrected chi connectivity index (χ0v) is 17.8. The van der Waals surface area contributed by atoms with Crippen molar-refractivity contribution in [3.63, 3.8) is 0 Å². The first-order chi connectivity index (χ1) is 15.1. The second-order valence-corrected chi connectivity index (χ2v) is 6.95. The van der Waals surface area contributed by atoms with Gasteiger partial charge < -0.3 is 25.8 Å². The van der Waals surface area contributed by atoms with Crippen molar-refractivity contribution in [1.82, 2.24) is 20.9 Å². The van der Waals surface area contributed by atoms with Gasteiger partial charge in [0.05, 0.1) is 11.6 Å². The Morgan fingerprint density at radius 3 is 2.65 bits per heavy atom. The Hall–Kier alpha value is -3.30. The van der Waals surface area contributed by atoms with E-state index in [9.17, 15) is 4.79 Å². The highest BCUT2D eigenvalue weighted by molar-refractivity contribution is 6.32. The van der Waals surface area contributed by atoms with Crippen molar-refractivity contribution in [2.24, 2.45) is 0 Å². The number of hydrogen-bond donors (Lipinski definition) is 3. The van der Waals surface area contributed by atoms with Crippen molar-refractivity contribution in [3.05, 3.63) is 64.3 Å². The lowest BCUT2D eigenvalue weighted by atomic mass is 10.2. The first kappa shape index (κ1) is 22.4. The topological polar surface area (TPSA) is 125 Å². The van der Waals surface area contributed by atoms with Crippen molar-refractivity contribution in [2.75, 3.05) is 25.4 Å². The summed E-state index contributed by atoms with van der Waals surface area (Å²) in [6, 6.07) is 13.6. The van der Waals surface area contributed by atoms with E-state index in [0.29, 0.717) is 49.4 Å². The number of anilines is 1. The maximum absolute atomic E-state index is 11.9. The van der Waals surface area contributed by atoms with Gasteiger partial charge in [-0.25, -0.2) is 4.63 Å². The van der Waals surface area contributed by atoms with Crippen LogP contribution < -0.4 is 25.8 Å². The first-order valence-corrected chi connectivity index (χ1v) is 10.1. The number of benzene rings is 2. The van der Waals surface area contributed by atoms with Gasteiger partial charge in [0.25, 0.3) is 5.91 Å². The molecule has 0 bridgehead atoms. The molecule has 31 heavy (non-hydrogen) atoms.